The average Bonchev–Trinajstić information content (AvgIpc) is 2.29. The molecule has 4 nitrogen and oxygen atoms in total. The van der Waals surface area contributed by atoms with E-state index in [9.17, 15) is 4.79 Å². The first-order valence-electron chi connectivity index (χ1n) is 5.69. The molecule has 1 fully saturated rings. The van der Waals surface area contributed by atoms with Gasteiger partial charge in [-0.05, 0) is 25.7 Å². The molecule has 0 spiro atoms. The number of nitrogens with two attached hydrogens (primary N) is 1. The van der Waals surface area contributed by atoms with Crippen molar-refractivity contribution >= 4 is 5.97 Å². The molecule has 0 saturated heterocycles. The molecule has 1 saturated carbocycles. The Hall–Kier alpha value is -0.610. The van der Waals surface area contributed by atoms with Crippen LogP contribution in [0.1, 0.15) is 32.1 Å². The number of methoxy groups -OCH3 is 2. The molecule has 1 aliphatic rings. The summed E-state index contributed by atoms with van der Waals surface area (Å²) in [7, 11) is 3.05. The summed E-state index contributed by atoms with van der Waals surface area (Å²) in [5, 5.41) is 2.12. The fourth-order valence-electron chi connectivity index (χ4n) is 2.19. The summed E-state index contributed by atoms with van der Waals surface area (Å²) in [4.78, 5) is 11.4. The third kappa shape index (κ3) is 4.18. The maximum Gasteiger partial charge on any atom is 0.367 e. The first-order chi connectivity index (χ1) is 7.27. The van der Waals surface area contributed by atoms with Crippen LogP contribution in [0.4, 0.5) is 0 Å². The lowest BCUT2D eigenvalue weighted by Gasteiger charge is -2.23. The second kappa shape index (κ2) is 6.80. The number of hydrogen-bond donors (Lipinski definition) is 1. The summed E-state index contributed by atoms with van der Waals surface area (Å²) < 4.78 is 9.79. The number of hydrogen-bond acceptors (Lipinski definition) is 3. The Labute approximate surface area is 91.3 Å². The van der Waals surface area contributed by atoms with E-state index in [0.717, 1.165) is 0 Å². The van der Waals surface area contributed by atoms with E-state index in [-0.39, 0.29) is 12.0 Å². The molecule has 1 rings (SSSR count). The van der Waals surface area contributed by atoms with Gasteiger partial charge >= 0.3 is 5.97 Å². The quantitative estimate of drug-likeness (QED) is 0.662. The predicted octanol–water partition coefficient (Wildman–Crippen LogP) is 0.0705. The highest BCUT2D eigenvalue weighted by atomic mass is 16.5. The van der Waals surface area contributed by atoms with Gasteiger partial charge in [0.1, 0.15) is 6.61 Å². The molecule has 0 bridgehead atoms. The van der Waals surface area contributed by atoms with Gasteiger partial charge in [-0.1, -0.05) is 6.42 Å². The van der Waals surface area contributed by atoms with Gasteiger partial charge < -0.3 is 14.8 Å². The first kappa shape index (κ1) is 12.5. The van der Waals surface area contributed by atoms with Crippen molar-refractivity contribution in [2.75, 3.05) is 20.8 Å². The predicted molar refractivity (Wildman–Crippen MR) is 56.5 cm³/mol. The second-order valence-corrected chi connectivity index (χ2v) is 4.18. The lowest BCUT2D eigenvalue weighted by atomic mass is 9.95. The van der Waals surface area contributed by atoms with Crippen LogP contribution in [-0.2, 0) is 14.3 Å². The average molecular weight is 216 g/mol. The lowest BCUT2D eigenvalue weighted by Crippen LogP contribution is -2.97. The van der Waals surface area contributed by atoms with Gasteiger partial charge in [-0.15, -0.1) is 0 Å². The van der Waals surface area contributed by atoms with Crippen LogP contribution < -0.4 is 5.32 Å². The van der Waals surface area contributed by atoms with Gasteiger partial charge in [-0.3, -0.25) is 0 Å². The number of ether oxygens (including phenoxy) is 2. The van der Waals surface area contributed by atoms with Crippen LogP contribution in [0.2, 0.25) is 0 Å². The Morgan fingerprint density at radius 2 is 2.00 bits per heavy atom. The molecule has 0 heterocycles. The van der Waals surface area contributed by atoms with Gasteiger partial charge in [0.15, 0.2) is 0 Å². The molecular weight excluding hydrogens is 194 g/mol. The van der Waals surface area contributed by atoms with Crippen LogP contribution >= 0.6 is 0 Å². The van der Waals surface area contributed by atoms with E-state index in [1.165, 1.54) is 39.2 Å². The maximum absolute atomic E-state index is 11.4. The maximum atomic E-state index is 11.4. The van der Waals surface area contributed by atoms with E-state index in [0.29, 0.717) is 12.6 Å². The Morgan fingerprint density at radius 1 is 1.33 bits per heavy atom. The normalized spacial score (nSPS) is 19.9. The lowest BCUT2D eigenvalue weighted by molar-refractivity contribution is -0.714. The van der Waals surface area contributed by atoms with E-state index in [1.54, 1.807) is 7.11 Å². The minimum absolute atomic E-state index is 0.178. The molecule has 4 heteroatoms. The van der Waals surface area contributed by atoms with Crippen molar-refractivity contribution in [3.05, 3.63) is 0 Å². The van der Waals surface area contributed by atoms with Crippen molar-refractivity contribution in [1.82, 2.24) is 0 Å². The largest absolute Gasteiger partial charge is 0.465 e. The molecule has 2 N–H and O–H groups in total. The third-order valence-corrected chi connectivity index (χ3v) is 3.00. The van der Waals surface area contributed by atoms with Gasteiger partial charge in [0, 0.05) is 7.11 Å². The molecular formula is C11H22NO3+. The van der Waals surface area contributed by atoms with E-state index >= 15 is 0 Å². The zero-order chi connectivity index (χ0) is 11.1. The van der Waals surface area contributed by atoms with Crippen LogP contribution in [0.25, 0.3) is 0 Å². The number of rotatable bonds is 5. The Kier molecular flexibility index (Phi) is 5.65. The van der Waals surface area contributed by atoms with E-state index in [1.807, 2.05) is 0 Å². The molecule has 88 valence electrons. The SMILES string of the molecule is COCC([NH2+]C1CCCCC1)C(=O)OC. The fourth-order valence-corrected chi connectivity index (χ4v) is 2.19. The van der Waals surface area contributed by atoms with Gasteiger partial charge in [0.2, 0.25) is 6.04 Å². The van der Waals surface area contributed by atoms with Crippen LogP contribution in [0.5, 0.6) is 0 Å². The molecule has 0 aliphatic heterocycles. The van der Waals surface area contributed by atoms with Crippen molar-refractivity contribution in [1.29, 1.82) is 0 Å². The van der Waals surface area contributed by atoms with Crippen molar-refractivity contribution in [3.63, 3.8) is 0 Å². The fraction of sp³-hybridized carbons (Fsp3) is 0.909. The summed E-state index contributed by atoms with van der Waals surface area (Å²) in [6, 6.07) is 0.376. The molecule has 0 aromatic heterocycles. The summed E-state index contributed by atoms with van der Waals surface area (Å²) in [6.07, 6.45) is 6.30. The van der Waals surface area contributed by atoms with Gasteiger partial charge in [0.25, 0.3) is 0 Å². The van der Waals surface area contributed by atoms with Crippen molar-refractivity contribution in [2.24, 2.45) is 0 Å². The number of carbonyl (C=O) groups excluding carboxylic acids is 1. The molecule has 0 amide bonds. The molecule has 0 aromatic carbocycles. The molecule has 1 unspecified atom stereocenters. The van der Waals surface area contributed by atoms with Crippen LogP contribution in [0.3, 0.4) is 0 Å². The highest BCUT2D eigenvalue weighted by Gasteiger charge is 2.27. The Morgan fingerprint density at radius 3 is 2.53 bits per heavy atom. The van der Waals surface area contributed by atoms with Crippen molar-refractivity contribution < 1.29 is 19.6 Å². The summed E-state index contributed by atoms with van der Waals surface area (Å²) >= 11 is 0. The van der Waals surface area contributed by atoms with Crippen LogP contribution in [0.15, 0.2) is 0 Å². The monoisotopic (exact) mass is 216 g/mol. The summed E-state index contributed by atoms with van der Waals surface area (Å²) in [6.45, 7) is 0.434. The van der Waals surface area contributed by atoms with E-state index < -0.39 is 0 Å². The molecule has 0 aromatic rings. The van der Waals surface area contributed by atoms with Crippen molar-refractivity contribution in [2.45, 2.75) is 44.2 Å². The topological polar surface area (TPSA) is 52.1 Å². The zero-order valence-electron chi connectivity index (χ0n) is 9.70. The summed E-state index contributed by atoms with van der Waals surface area (Å²) in [5.74, 6) is -0.178. The van der Waals surface area contributed by atoms with E-state index in [2.05, 4.69) is 5.32 Å². The van der Waals surface area contributed by atoms with Gasteiger partial charge in [-0.25, -0.2) is 4.79 Å². The molecule has 0 radical (unpaired) electrons. The zero-order valence-corrected chi connectivity index (χ0v) is 9.70. The van der Waals surface area contributed by atoms with Crippen molar-refractivity contribution in [3.8, 4) is 0 Å². The van der Waals surface area contributed by atoms with Crippen LogP contribution in [-0.4, -0.2) is 38.9 Å². The summed E-state index contributed by atoms with van der Waals surface area (Å²) in [5.41, 5.74) is 0. The van der Waals surface area contributed by atoms with Crippen LogP contribution in [0, 0.1) is 0 Å². The van der Waals surface area contributed by atoms with E-state index in [4.69, 9.17) is 9.47 Å². The highest BCUT2D eigenvalue weighted by molar-refractivity contribution is 5.74. The Balaban J connectivity index is 2.38. The smallest absolute Gasteiger partial charge is 0.367 e. The molecule has 15 heavy (non-hydrogen) atoms. The first-order valence-corrected chi connectivity index (χ1v) is 5.69. The highest BCUT2D eigenvalue weighted by Crippen LogP contribution is 2.14. The number of esters is 1. The standard InChI is InChI=1S/C11H21NO3/c1-14-8-10(11(13)15-2)12-9-6-4-3-5-7-9/h9-10,12H,3-8H2,1-2H3/p+1. The minimum atomic E-state index is -0.192. The third-order valence-electron chi connectivity index (χ3n) is 3.00. The molecule has 1 aliphatic carbocycles. The Bertz CT molecular complexity index is 190. The number of quaternary nitrogens is 1. The number of carbonyl (C=O) groups is 1. The van der Waals surface area contributed by atoms with Gasteiger partial charge in [-0.2, -0.15) is 0 Å². The second-order valence-electron chi connectivity index (χ2n) is 4.18. The molecule has 1 atom stereocenters. The minimum Gasteiger partial charge on any atom is -0.465 e. The van der Waals surface area contributed by atoms with Gasteiger partial charge in [0.05, 0.1) is 13.2 Å².